The number of amides is 1. The monoisotopic (exact) mass is 441 g/mol. The predicted molar refractivity (Wildman–Crippen MR) is 98.6 cm³/mol. The van der Waals surface area contributed by atoms with Crippen LogP contribution in [0, 0.1) is 3.57 Å². The fourth-order valence-electron chi connectivity index (χ4n) is 2.85. The minimum absolute atomic E-state index is 0.147. The number of carbonyl (C=O) groups is 1. The summed E-state index contributed by atoms with van der Waals surface area (Å²) in [6.07, 6.45) is 5.43. The van der Waals surface area contributed by atoms with Gasteiger partial charge in [-0.3, -0.25) is 4.79 Å². The molecule has 24 heavy (non-hydrogen) atoms. The molecule has 1 aliphatic heterocycles. The molecule has 0 saturated heterocycles. The van der Waals surface area contributed by atoms with Gasteiger partial charge in [0.15, 0.2) is 11.5 Å². The number of fused-ring (bicyclic) bond motifs is 1. The zero-order chi connectivity index (χ0) is 17.1. The summed E-state index contributed by atoms with van der Waals surface area (Å²) in [6, 6.07) is 3.50. The van der Waals surface area contributed by atoms with Gasteiger partial charge < -0.3 is 19.4 Å². The lowest BCUT2D eigenvalue weighted by atomic mass is 10.2. The van der Waals surface area contributed by atoms with Crippen molar-refractivity contribution in [2.45, 2.75) is 32.4 Å². The average Bonchev–Trinajstić information content (AvgIpc) is 3.02. The van der Waals surface area contributed by atoms with Crippen LogP contribution < -0.4 is 14.8 Å². The minimum Gasteiger partial charge on any atom is -0.493 e. The average molecular weight is 441 g/mol. The maximum Gasteiger partial charge on any atom is 0.252 e. The molecular weight excluding hydrogens is 421 g/mol. The van der Waals surface area contributed by atoms with E-state index in [-0.39, 0.29) is 5.91 Å². The molecule has 6 nitrogen and oxygen atoms in total. The van der Waals surface area contributed by atoms with Crippen molar-refractivity contribution in [3.63, 3.8) is 0 Å². The van der Waals surface area contributed by atoms with Gasteiger partial charge >= 0.3 is 0 Å². The number of ether oxygens (including phenoxy) is 2. The highest BCUT2D eigenvalue weighted by atomic mass is 127. The van der Waals surface area contributed by atoms with Crippen molar-refractivity contribution in [3.8, 4) is 11.5 Å². The molecule has 0 saturated carbocycles. The molecule has 0 unspecified atom stereocenters. The van der Waals surface area contributed by atoms with Crippen molar-refractivity contribution >= 4 is 28.5 Å². The summed E-state index contributed by atoms with van der Waals surface area (Å²) in [5.74, 6) is 2.12. The van der Waals surface area contributed by atoms with Crippen LogP contribution in [0.25, 0.3) is 0 Å². The maximum absolute atomic E-state index is 12.5. The van der Waals surface area contributed by atoms with Gasteiger partial charge in [0, 0.05) is 22.7 Å². The van der Waals surface area contributed by atoms with Crippen molar-refractivity contribution in [1.29, 1.82) is 0 Å². The van der Waals surface area contributed by atoms with E-state index >= 15 is 0 Å². The highest BCUT2D eigenvalue weighted by Gasteiger charge is 2.17. The molecule has 1 amide bonds. The van der Waals surface area contributed by atoms with E-state index in [4.69, 9.17) is 9.47 Å². The number of aromatic nitrogens is 2. The number of carbonyl (C=O) groups excluding carboxylic acids is 1. The Morgan fingerprint density at radius 1 is 1.29 bits per heavy atom. The summed E-state index contributed by atoms with van der Waals surface area (Å²) in [6.45, 7) is 1.44. The molecule has 0 aliphatic carbocycles. The van der Waals surface area contributed by atoms with Crippen LogP contribution in [0.15, 0.2) is 18.3 Å². The third-order valence-electron chi connectivity index (χ3n) is 4.11. The Balaban J connectivity index is 1.72. The van der Waals surface area contributed by atoms with E-state index in [1.54, 1.807) is 26.4 Å². The molecule has 1 N–H and O–H groups in total. The number of rotatable bonds is 5. The van der Waals surface area contributed by atoms with Crippen LogP contribution in [0.2, 0.25) is 0 Å². The smallest absolute Gasteiger partial charge is 0.252 e. The van der Waals surface area contributed by atoms with Crippen LogP contribution in [0.4, 0.5) is 0 Å². The number of nitrogens with zero attached hydrogens (tertiary/aromatic N) is 2. The van der Waals surface area contributed by atoms with Gasteiger partial charge in [0.05, 0.1) is 32.0 Å². The van der Waals surface area contributed by atoms with Crippen molar-refractivity contribution in [3.05, 3.63) is 39.0 Å². The van der Waals surface area contributed by atoms with E-state index < -0.39 is 0 Å². The fraction of sp³-hybridized carbons (Fsp3) is 0.412. The van der Waals surface area contributed by atoms with Gasteiger partial charge in [-0.15, -0.1) is 0 Å². The van der Waals surface area contributed by atoms with Gasteiger partial charge in [0.1, 0.15) is 5.82 Å². The Bertz CT molecular complexity index is 734. The number of aryl methyl sites for hydroxylation is 2. The van der Waals surface area contributed by atoms with Crippen LogP contribution in [-0.4, -0.2) is 29.7 Å². The van der Waals surface area contributed by atoms with Gasteiger partial charge in [-0.05, 0) is 47.6 Å². The molecule has 2 heterocycles. The molecule has 3 rings (SSSR count). The molecular formula is C17H20IN3O3. The first-order valence-electron chi connectivity index (χ1n) is 7.87. The highest BCUT2D eigenvalue weighted by molar-refractivity contribution is 14.1. The molecule has 1 aromatic heterocycles. The van der Waals surface area contributed by atoms with E-state index in [1.807, 2.05) is 6.20 Å². The molecule has 2 aromatic rings. The molecule has 128 valence electrons. The Labute approximate surface area is 154 Å². The summed E-state index contributed by atoms with van der Waals surface area (Å²) < 4.78 is 13.5. The Kier molecular flexibility index (Phi) is 5.27. The van der Waals surface area contributed by atoms with Gasteiger partial charge in [-0.25, -0.2) is 4.98 Å². The van der Waals surface area contributed by atoms with Crippen molar-refractivity contribution in [2.75, 3.05) is 14.2 Å². The molecule has 7 heteroatoms. The van der Waals surface area contributed by atoms with E-state index in [0.29, 0.717) is 23.6 Å². The van der Waals surface area contributed by atoms with Gasteiger partial charge in [-0.1, -0.05) is 0 Å². The second-order valence-electron chi connectivity index (χ2n) is 5.67. The second-order valence-corrected chi connectivity index (χ2v) is 6.83. The van der Waals surface area contributed by atoms with Crippen LogP contribution in [-0.2, 0) is 19.5 Å². The molecule has 0 spiro atoms. The standard InChI is InChI=1S/C17H20IN3O3/c1-23-14-7-12(13(18)8-15(14)24-2)17(22)19-9-11-10-21-6-4-3-5-16(21)20-11/h7-8,10H,3-6,9H2,1-2H3,(H,19,22). The first-order chi connectivity index (χ1) is 11.6. The first kappa shape index (κ1) is 17.1. The zero-order valence-corrected chi connectivity index (χ0v) is 15.9. The summed E-state index contributed by atoms with van der Waals surface area (Å²) in [7, 11) is 3.14. The Hall–Kier alpha value is -1.77. The van der Waals surface area contributed by atoms with E-state index in [2.05, 4.69) is 37.5 Å². The van der Waals surface area contributed by atoms with E-state index in [9.17, 15) is 4.79 Å². The number of hydrogen-bond acceptors (Lipinski definition) is 4. The third-order valence-corrected chi connectivity index (χ3v) is 5.00. The second kappa shape index (κ2) is 7.42. The van der Waals surface area contributed by atoms with Gasteiger partial charge in [-0.2, -0.15) is 0 Å². The van der Waals surface area contributed by atoms with Crippen molar-refractivity contribution in [1.82, 2.24) is 14.9 Å². The molecule has 0 bridgehead atoms. The summed E-state index contributed by atoms with van der Waals surface area (Å²) in [5, 5.41) is 2.94. The van der Waals surface area contributed by atoms with E-state index in [1.165, 1.54) is 12.8 Å². The number of methoxy groups -OCH3 is 2. The molecule has 1 aliphatic rings. The zero-order valence-electron chi connectivity index (χ0n) is 13.8. The SMILES string of the molecule is COc1cc(I)c(C(=O)NCc2cn3c(n2)CCCC3)cc1OC. The largest absolute Gasteiger partial charge is 0.493 e. The quantitative estimate of drug-likeness (QED) is 0.725. The Morgan fingerprint density at radius 2 is 2.04 bits per heavy atom. The summed E-state index contributed by atoms with van der Waals surface area (Å²) >= 11 is 2.13. The number of benzene rings is 1. The van der Waals surface area contributed by atoms with Crippen LogP contribution in [0.5, 0.6) is 11.5 Å². The lowest BCUT2D eigenvalue weighted by Crippen LogP contribution is -2.24. The first-order valence-corrected chi connectivity index (χ1v) is 8.95. The van der Waals surface area contributed by atoms with Crippen LogP contribution in [0.3, 0.4) is 0 Å². The molecule has 0 radical (unpaired) electrons. The molecule has 0 fully saturated rings. The summed E-state index contributed by atoms with van der Waals surface area (Å²) in [4.78, 5) is 17.1. The van der Waals surface area contributed by atoms with Crippen molar-refractivity contribution in [2.24, 2.45) is 0 Å². The van der Waals surface area contributed by atoms with Crippen molar-refractivity contribution < 1.29 is 14.3 Å². The number of halogens is 1. The number of nitrogens with one attached hydrogen (secondary N) is 1. The van der Waals surface area contributed by atoms with Gasteiger partial charge in [0.25, 0.3) is 5.91 Å². The lowest BCUT2D eigenvalue weighted by Gasteiger charge is -2.12. The molecule has 1 aromatic carbocycles. The topological polar surface area (TPSA) is 65.4 Å². The summed E-state index contributed by atoms with van der Waals surface area (Å²) in [5.41, 5.74) is 1.47. The molecule has 0 atom stereocenters. The minimum atomic E-state index is -0.147. The van der Waals surface area contributed by atoms with Crippen LogP contribution >= 0.6 is 22.6 Å². The number of imidazole rings is 1. The van der Waals surface area contributed by atoms with Gasteiger partial charge in [0.2, 0.25) is 0 Å². The van der Waals surface area contributed by atoms with E-state index in [0.717, 1.165) is 28.1 Å². The normalized spacial score (nSPS) is 13.3. The highest BCUT2D eigenvalue weighted by Crippen LogP contribution is 2.31. The predicted octanol–water partition coefficient (Wildman–Crippen LogP) is 2.77. The number of hydrogen-bond donors (Lipinski definition) is 1. The lowest BCUT2D eigenvalue weighted by molar-refractivity contribution is 0.0949. The van der Waals surface area contributed by atoms with Crippen LogP contribution in [0.1, 0.15) is 34.7 Å². The third kappa shape index (κ3) is 3.50. The Morgan fingerprint density at radius 3 is 2.75 bits per heavy atom. The fourth-order valence-corrected chi connectivity index (χ4v) is 3.53. The maximum atomic E-state index is 12.5.